The lowest BCUT2D eigenvalue weighted by Gasteiger charge is -2.16. The number of hydrogen-bond acceptors (Lipinski definition) is 4. The van der Waals surface area contributed by atoms with Gasteiger partial charge >= 0.3 is 5.97 Å². The molecule has 0 fully saturated rings. The molecule has 2 rings (SSSR count). The zero-order valence-corrected chi connectivity index (χ0v) is 20.0. The maximum absolute atomic E-state index is 10.9. The molecule has 5 nitrogen and oxygen atoms in total. The van der Waals surface area contributed by atoms with E-state index in [0.29, 0.717) is 5.92 Å². The van der Waals surface area contributed by atoms with Crippen LogP contribution in [0.2, 0.25) is 0 Å². The van der Waals surface area contributed by atoms with Crippen LogP contribution in [0.15, 0.2) is 48.1 Å². The van der Waals surface area contributed by atoms with Gasteiger partial charge in [-0.3, -0.25) is 4.79 Å². The molecule has 0 unspecified atom stereocenters. The predicted octanol–water partition coefficient (Wildman–Crippen LogP) is 5.61. The highest BCUT2D eigenvalue weighted by Gasteiger charge is 2.15. The molecule has 3 atom stereocenters. The number of aliphatic hydroxyl groups excluding tert-OH is 1. The van der Waals surface area contributed by atoms with Gasteiger partial charge in [-0.05, 0) is 81.0 Å². The van der Waals surface area contributed by atoms with Crippen molar-refractivity contribution < 1.29 is 20.1 Å². The maximum atomic E-state index is 10.9. The fourth-order valence-corrected chi connectivity index (χ4v) is 4.84. The van der Waals surface area contributed by atoms with Gasteiger partial charge < -0.3 is 21.1 Å². The van der Waals surface area contributed by atoms with Crippen LogP contribution in [0.5, 0.6) is 5.75 Å². The molecule has 0 saturated heterocycles. The molecule has 5 heteroatoms. The van der Waals surface area contributed by atoms with Crippen molar-refractivity contribution in [1.82, 2.24) is 0 Å². The Kier molecular flexibility index (Phi) is 12.9. The number of phenolic OH excluding ortho intramolecular Hbond substituents is 1. The molecule has 0 amide bonds. The molecule has 0 aromatic heterocycles. The van der Waals surface area contributed by atoms with Gasteiger partial charge in [-0.1, -0.05) is 61.6 Å². The summed E-state index contributed by atoms with van der Waals surface area (Å²) < 4.78 is 0. The molecule has 5 N–H and O–H groups in total. The predicted molar refractivity (Wildman–Crippen MR) is 134 cm³/mol. The molecule has 0 saturated carbocycles. The van der Waals surface area contributed by atoms with Crippen LogP contribution in [-0.4, -0.2) is 34.4 Å². The molecule has 1 aromatic carbocycles. The second kappa shape index (κ2) is 15.7. The van der Waals surface area contributed by atoms with Crippen LogP contribution < -0.4 is 5.73 Å². The number of phenols is 1. The number of benzene rings is 1. The number of aliphatic hydroxyl groups is 1. The summed E-state index contributed by atoms with van der Waals surface area (Å²) >= 11 is 0. The first-order valence-electron chi connectivity index (χ1n) is 12.7. The highest BCUT2D eigenvalue weighted by atomic mass is 16.4. The topological polar surface area (TPSA) is 104 Å². The minimum Gasteiger partial charge on any atom is -0.508 e. The highest BCUT2D eigenvalue weighted by Crippen LogP contribution is 2.30. The van der Waals surface area contributed by atoms with E-state index in [1.54, 1.807) is 17.7 Å². The number of rotatable bonds is 17. The van der Waals surface area contributed by atoms with Crippen molar-refractivity contribution in [1.29, 1.82) is 0 Å². The van der Waals surface area contributed by atoms with Gasteiger partial charge in [0.15, 0.2) is 0 Å². The molecule has 0 bridgehead atoms. The van der Waals surface area contributed by atoms with E-state index in [4.69, 9.17) is 10.8 Å². The lowest BCUT2D eigenvalue weighted by atomic mass is 9.90. The summed E-state index contributed by atoms with van der Waals surface area (Å²) in [6, 6.07) is 7.41. The first-order valence-corrected chi connectivity index (χ1v) is 12.7. The summed E-state index contributed by atoms with van der Waals surface area (Å²) in [5.41, 5.74) is 8.43. The number of unbranched alkanes of at least 4 members (excludes halogenated alkanes) is 3. The van der Waals surface area contributed by atoms with Gasteiger partial charge in [-0.25, -0.2) is 0 Å². The smallest absolute Gasteiger partial charge is 0.304 e. The first-order chi connectivity index (χ1) is 16.0. The third-order valence-corrected chi connectivity index (χ3v) is 6.72. The number of nitrogens with two attached hydrogens (primary N) is 1. The molecule has 0 aliphatic heterocycles. The quantitative estimate of drug-likeness (QED) is 0.180. The molecular formula is C28H43NO4. The van der Waals surface area contributed by atoms with Crippen molar-refractivity contribution >= 4 is 5.97 Å². The Morgan fingerprint density at radius 3 is 2.61 bits per heavy atom. The summed E-state index contributed by atoms with van der Waals surface area (Å²) in [6.45, 7) is 0.620. The Labute approximate surface area is 199 Å². The van der Waals surface area contributed by atoms with Crippen LogP contribution in [0.3, 0.4) is 0 Å². The molecular weight excluding hydrogens is 414 g/mol. The summed E-state index contributed by atoms with van der Waals surface area (Å²) in [7, 11) is 0. The zero-order valence-electron chi connectivity index (χ0n) is 20.0. The number of carbonyl (C=O) groups is 1. The Balaban J connectivity index is 1.76. The summed E-state index contributed by atoms with van der Waals surface area (Å²) in [6.07, 6.45) is 19.1. The molecule has 0 spiro atoms. The summed E-state index contributed by atoms with van der Waals surface area (Å²) in [5.74, 6) is 0.285. The number of allylic oxidation sites excluding steroid dienone is 2. The standard InChI is InChI=1S/C28H43NO4/c29-17-16-25-11-10-23(19-25)7-4-2-1-3-6-22(18-24-12-14-27(31)15-13-24)8-5-9-26(21-30)20-28(32)33/h5,9,12-15,19,22-23,26,30-31H,1-4,6-8,10-11,16-18,20-21,29H2,(H,32,33)/t22-,23-,26+/m1/s1. The monoisotopic (exact) mass is 457 g/mol. The Morgan fingerprint density at radius 1 is 1.15 bits per heavy atom. The van der Waals surface area contributed by atoms with E-state index in [0.717, 1.165) is 38.1 Å². The number of carboxylic acid groups (broad SMARTS) is 1. The largest absolute Gasteiger partial charge is 0.508 e. The Morgan fingerprint density at radius 2 is 1.91 bits per heavy atom. The van der Waals surface area contributed by atoms with E-state index in [2.05, 4.69) is 6.08 Å². The van der Waals surface area contributed by atoms with Crippen molar-refractivity contribution in [3.8, 4) is 5.75 Å². The fraction of sp³-hybridized carbons (Fsp3) is 0.607. The molecule has 0 radical (unpaired) electrons. The van der Waals surface area contributed by atoms with Gasteiger partial charge in [0, 0.05) is 12.5 Å². The van der Waals surface area contributed by atoms with E-state index >= 15 is 0 Å². The second-order valence-electron chi connectivity index (χ2n) is 9.59. The normalized spacial score (nSPS) is 17.9. The van der Waals surface area contributed by atoms with Gasteiger partial charge in [-0.2, -0.15) is 0 Å². The number of carboxylic acids is 1. The average Bonchev–Trinajstić information content (AvgIpc) is 3.24. The van der Waals surface area contributed by atoms with E-state index in [9.17, 15) is 15.0 Å². The highest BCUT2D eigenvalue weighted by molar-refractivity contribution is 5.67. The molecule has 33 heavy (non-hydrogen) atoms. The number of aliphatic carboxylic acids is 1. The van der Waals surface area contributed by atoms with Crippen LogP contribution in [0.25, 0.3) is 0 Å². The molecule has 1 aliphatic rings. The van der Waals surface area contributed by atoms with Gasteiger partial charge in [0.2, 0.25) is 0 Å². The van der Waals surface area contributed by atoms with Gasteiger partial charge in [0.05, 0.1) is 6.42 Å². The Hall–Kier alpha value is -2.11. The SMILES string of the molecule is NCCC1=C[C@H](CCCCCC[C@H](CC=C[C@H](CO)CC(=O)O)Cc2ccc(O)cc2)CC1. The van der Waals surface area contributed by atoms with Gasteiger partial charge in [0.25, 0.3) is 0 Å². The summed E-state index contributed by atoms with van der Waals surface area (Å²) in [4.78, 5) is 10.9. The minimum absolute atomic E-state index is 0.0421. The van der Waals surface area contributed by atoms with E-state index < -0.39 is 5.97 Å². The molecule has 0 heterocycles. The van der Waals surface area contributed by atoms with Crippen molar-refractivity contribution in [2.75, 3.05) is 13.2 Å². The van der Waals surface area contributed by atoms with Crippen molar-refractivity contribution in [2.45, 2.75) is 77.0 Å². The van der Waals surface area contributed by atoms with Crippen LogP contribution >= 0.6 is 0 Å². The average molecular weight is 458 g/mol. The van der Waals surface area contributed by atoms with Crippen molar-refractivity contribution in [3.05, 3.63) is 53.6 Å². The number of hydrogen-bond donors (Lipinski definition) is 4. The minimum atomic E-state index is -0.886. The van der Waals surface area contributed by atoms with Gasteiger partial charge in [0.1, 0.15) is 5.75 Å². The lowest BCUT2D eigenvalue weighted by molar-refractivity contribution is -0.138. The molecule has 1 aliphatic carbocycles. The molecule has 184 valence electrons. The van der Waals surface area contributed by atoms with Crippen LogP contribution in [0.1, 0.15) is 76.2 Å². The van der Waals surface area contributed by atoms with Crippen LogP contribution in [0.4, 0.5) is 0 Å². The van der Waals surface area contributed by atoms with Gasteiger partial charge in [-0.15, -0.1) is 0 Å². The van der Waals surface area contributed by atoms with E-state index in [1.165, 1.54) is 50.5 Å². The second-order valence-corrected chi connectivity index (χ2v) is 9.59. The van der Waals surface area contributed by atoms with Crippen LogP contribution in [0, 0.1) is 17.8 Å². The summed E-state index contributed by atoms with van der Waals surface area (Å²) in [5, 5.41) is 27.9. The lowest BCUT2D eigenvalue weighted by Crippen LogP contribution is -2.10. The van der Waals surface area contributed by atoms with Crippen LogP contribution in [-0.2, 0) is 11.2 Å². The third-order valence-electron chi connectivity index (χ3n) is 6.72. The zero-order chi connectivity index (χ0) is 23.9. The number of aromatic hydroxyl groups is 1. The third kappa shape index (κ3) is 11.5. The van der Waals surface area contributed by atoms with E-state index in [-0.39, 0.29) is 24.7 Å². The maximum Gasteiger partial charge on any atom is 0.304 e. The molecule has 1 aromatic rings. The van der Waals surface area contributed by atoms with E-state index in [1.807, 2.05) is 24.3 Å². The Bertz CT molecular complexity index is 741. The van der Waals surface area contributed by atoms with Crippen molar-refractivity contribution in [3.63, 3.8) is 0 Å². The first kappa shape index (κ1) is 27.1. The fourth-order valence-electron chi connectivity index (χ4n) is 4.84. The van der Waals surface area contributed by atoms with Crippen molar-refractivity contribution in [2.24, 2.45) is 23.5 Å².